The molecule has 4 rings (SSSR count). The molecule has 1 aliphatic rings. The van der Waals surface area contributed by atoms with Crippen molar-refractivity contribution in [1.29, 1.82) is 5.41 Å². The molecule has 0 radical (unpaired) electrons. The Morgan fingerprint density at radius 3 is 2.75 bits per heavy atom. The zero-order chi connectivity index (χ0) is 25.7. The number of piperidine rings is 1. The highest BCUT2D eigenvalue weighted by Gasteiger charge is 2.43. The average Bonchev–Trinajstić information content (AvgIpc) is 2.90. The van der Waals surface area contributed by atoms with Crippen molar-refractivity contribution in [2.75, 3.05) is 24.6 Å². The number of para-hydroxylation sites is 1. The summed E-state index contributed by atoms with van der Waals surface area (Å²) in [5.41, 5.74) is 4.17. The van der Waals surface area contributed by atoms with E-state index in [0.717, 1.165) is 29.3 Å². The van der Waals surface area contributed by atoms with E-state index >= 15 is 0 Å². The molecule has 0 unspecified atom stereocenters. The van der Waals surface area contributed by atoms with Gasteiger partial charge >= 0.3 is 11.9 Å². The Bertz CT molecular complexity index is 1290. The Balaban J connectivity index is 1.40. The van der Waals surface area contributed by atoms with E-state index in [4.69, 9.17) is 5.41 Å². The van der Waals surface area contributed by atoms with Crippen LogP contribution in [-0.4, -0.2) is 55.7 Å². The van der Waals surface area contributed by atoms with E-state index in [9.17, 15) is 13.6 Å². The highest BCUT2D eigenvalue weighted by Crippen LogP contribution is 2.32. The maximum Gasteiger partial charge on any atom is 0.381 e. The van der Waals surface area contributed by atoms with E-state index in [1.54, 1.807) is 18.5 Å². The van der Waals surface area contributed by atoms with Crippen molar-refractivity contribution in [3.05, 3.63) is 66.1 Å². The number of nitrogens with one attached hydrogen (secondary N) is 2. The molecule has 0 spiro atoms. The van der Waals surface area contributed by atoms with Crippen molar-refractivity contribution in [2.24, 2.45) is 0 Å². The molecule has 0 saturated carbocycles. The van der Waals surface area contributed by atoms with Gasteiger partial charge in [0.2, 0.25) is 0 Å². The minimum absolute atomic E-state index is 0.101. The van der Waals surface area contributed by atoms with Crippen LogP contribution in [-0.2, 0) is 15.5 Å². The number of fused-ring (bicyclic) bond motifs is 1. The molecule has 1 fully saturated rings. The number of allylic oxidation sites excluding steroid dienone is 1. The first-order chi connectivity index (χ1) is 17.3. The molecule has 7 nitrogen and oxygen atoms in total. The third-order valence-corrected chi connectivity index (χ3v) is 6.30. The summed E-state index contributed by atoms with van der Waals surface area (Å²) in [5, 5.41) is 11.2. The van der Waals surface area contributed by atoms with Crippen molar-refractivity contribution in [2.45, 2.75) is 31.7 Å². The molecule has 1 aliphatic heterocycles. The quantitative estimate of drug-likeness (QED) is 0.286. The molecule has 0 aliphatic carbocycles. The predicted octanol–water partition coefficient (Wildman–Crippen LogP) is 2.79. The zero-order valence-corrected chi connectivity index (χ0v) is 20.3. The average molecular weight is 491 g/mol. The van der Waals surface area contributed by atoms with Crippen molar-refractivity contribution >= 4 is 47.8 Å². The lowest BCUT2D eigenvalue weighted by Gasteiger charge is -2.34. The Kier molecular flexibility index (Phi) is 7.62. The molecule has 0 bridgehead atoms. The van der Waals surface area contributed by atoms with Crippen molar-refractivity contribution in [1.82, 2.24) is 15.3 Å². The van der Waals surface area contributed by atoms with Crippen molar-refractivity contribution in [3.63, 3.8) is 0 Å². The highest BCUT2D eigenvalue weighted by molar-refractivity contribution is 6.38. The lowest BCUT2D eigenvalue weighted by Crippen LogP contribution is -2.41. The summed E-state index contributed by atoms with van der Waals surface area (Å²) in [6.45, 7) is 2.72. The summed E-state index contributed by atoms with van der Waals surface area (Å²) in [4.78, 5) is 22.9. The lowest BCUT2D eigenvalue weighted by molar-refractivity contribution is -0.173. The molecule has 10 heteroatoms. The zero-order valence-electron chi connectivity index (χ0n) is 20.3. The fourth-order valence-electron chi connectivity index (χ4n) is 4.25. The molecule has 36 heavy (non-hydrogen) atoms. The highest BCUT2D eigenvalue weighted by atomic mass is 19.3. The SMILES string of the molecule is Bc1cccc2ncc(/C(C=N)=C/NC3CCN(c4cccc(C(F)(F)C(=O)OCC)c4)CC3)nc12. The fourth-order valence-corrected chi connectivity index (χ4v) is 4.25. The molecule has 2 aromatic carbocycles. The Labute approximate surface area is 209 Å². The fraction of sp³-hybridized carbons (Fsp3) is 0.308. The van der Waals surface area contributed by atoms with Crippen LogP contribution in [0.5, 0.6) is 0 Å². The predicted molar refractivity (Wildman–Crippen MR) is 140 cm³/mol. The van der Waals surface area contributed by atoms with Gasteiger partial charge in [-0.1, -0.05) is 29.7 Å². The first-order valence-corrected chi connectivity index (χ1v) is 11.9. The number of benzene rings is 2. The van der Waals surface area contributed by atoms with Crippen molar-refractivity contribution < 1.29 is 18.3 Å². The Morgan fingerprint density at radius 1 is 1.28 bits per heavy atom. The van der Waals surface area contributed by atoms with Crippen LogP contribution < -0.4 is 15.7 Å². The molecule has 3 aromatic rings. The van der Waals surface area contributed by atoms with E-state index in [-0.39, 0.29) is 18.2 Å². The summed E-state index contributed by atoms with van der Waals surface area (Å²) >= 11 is 0. The summed E-state index contributed by atoms with van der Waals surface area (Å²) in [5.74, 6) is -5.23. The van der Waals surface area contributed by atoms with Gasteiger partial charge < -0.3 is 20.4 Å². The van der Waals surface area contributed by atoms with Crippen LogP contribution in [0.15, 0.2) is 54.9 Å². The number of anilines is 1. The van der Waals surface area contributed by atoms with Gasteiger partial charge in [0, 0.05) is 48.4 Å². The number of ether oxygens (including phenoxy) is 1. The number of nitrogens with zero attached hydrogens (tertiary/aromatic N) is 3. The topological polar surface area (TPSA) is 91.2 Å². The minimum Gasteiger partial charge on any atom is -0.461 e. The van der Waals surface area contributed by atoms with Crippen LogP contribution in [0.3, 0.4) is 0 Å². The van der Waals surface area contributed by atoms with Crippen LogP contribution in [0.4, 0.5) is 14.5 Å². The van der Waals surface area contributed by atoms with Gasteiger partial charge in [-0.05, 0) is 38.0 Å². The van der Waals surface area contributed by atoms with E-state index in [1.807, 2.05) is 30.9 Å². The molecular weight excluding hydrogens is 463 g/mol. The van der Waals surface area contributed by atoms with Gasteiger partial charge in [-0.2, -0.15) is 8.78 Å². The van der Waals surface area contributed by atoms with Crippen LogP contribution in [0, 0.1) is 5.41 Å². The molecule has 0 atom stereocenters. The van der Waals surface area contributed by atoms with Crippen molar-refractivity contribution in [3.8, 4) is 0 Å². The Morgan fingerprint density at radius 2 is 2.03 bits per heavy atom. The van der Waals surface area contributed by atoms with Gasteiger partial charge in [0.1, 0.15) is 7.85 Å². The van der Waals surface area contributed by atoms with E-state index in [2.05, 4.69) is 20.0 Å². The summed E-state index contributed by atoms with van der Waals surface area (Å²) in [6.07, 6.45) is 6.28. The normalized spacial score (nSPS) is 15.1. The standard InChI is InChI=1S/C26H28BF2N5O2/c1-2-36-25(35)26(28,29)18-5-3-6-20(13-18)34-11-9-19(10-12-34)31-15-17(14-30)23-16-32-22-8-4-7-21(27)24(22)33-23/h3-8,13-16,19,30-31H,2,9-12,27H2,1H3/b17-15+,30-14?. The third kappa shape index (κ3) is 5.37. The number of hydrogen-bond acceptors (Lipinski definition) is 7. The van der Waals surface area contributed by atoms with Crippen LogP contribution in [0.25, 0.3) is 16.6 Å². The number of carbonyl (C=O) groups excluding carboxylic acids is 1. The van der Waals surface area contributed by atoms with Gasteiger partial charge in [-0.3, -0.25) is 4.98 Å². The number of esters is 1. The van der Waals surface area contributed by atoms with Gasteiger partial charge in [-0.25, -0.2) is 9.78 Å². The number of rotatable bonds is 8. The molecular formula is C26H28BF2N5O2. The maximum absolute atomic E-state index is 14.5. The number of aromatic nitrogens is 2. The summed E-state index contributed by atoms with van der Waals surface area (Å²) < 4.78 is 33.5. The monoisotopic (exact) mass is 491 g/mol. The largest absolute Gasteiger partial charge is 0.461 e. The van der Waals surface area contributed by atoms with Gasteiger partial charge in [0.15, 0.2) is 0 Å². The summed E-state index contributed by atoms with van der Waals surface area (Å²) in [7, 11) is 1.98. The summed E-state index contributed by atoms with van der Waals surface area (Å²) in [6, 6.07) is 11.9. The third-order valence-electron chi connectivity index (χ3n) is 6.30. The number of alkyl halides is 2. The van der Waals surface area contributed by atoms with E-state index in [0.29, 0.717) is 30.0 Å². The second kappa shape index (κ2) is 10.8. The lowest BCUT2D eigenvalue weighted by atomic mass is 9.94. The number of carbonyl (C=O) groups is 1. The molecule has 186 valence electrons. The minimum atomic E-state index is -3.69. The second-order valence-electron chi connectivity index (χ2n) is 8.72. The van der Waals surface area contributed by atoms with Crippen LogP contribution in [0.2, 0.25) is 0 Å². The van der Waals surface area contributed by atoms with Gasteiger partial charge in [-0.15, -0.1) is 0 Å². The van der Waals surface area contributed by atoms with Crippen LogP contribution >= 0.6 is 0 Å². The Hall–Kier alpha value is -3.82. The second-order valence-corrected chi connectivity index (χ2v) is 8.72. The van der Waals surface area contributed by atoms with Gasteiger partial charge in [0.05, 0.1) is 29.5 Å². The molecule has 1 aromatic heterocycles. The van der Waals surface area contributed by atoms with Gasteiger partial charge in [0.25, 0.3) is 0 Å². The van der Waals surface area contributed by atoms with E-state index in [1.165, 1.54) is 31.3 Å². The molecule has 2 N–H and O–H groups in total. The first kappa shape index (κ1) is 25.3. The number of hydrogen-bond donors (Lipinski definition) is 2. The van der Waals surface area contributed by atoms with Crippen LogP contribution in [0.1, 0.15) is 31.0 Å². The molecule has 1 saturated heterocycles. The van der Waals surface area contributed by atoms with E-state index < -0.39 is 11.9 Å². The smallest absolute Gasteiger partial charge is 0.381 e. The maximum atomic E-state index is 14.5. The molecule has 0 amide bonds. The first-order valence-electron chi connectivity index (χ1n) is 11.9. The molecule has 2 heterocycles. The number of halogens is 2.